The van der Waals surface area contributed by atoms with Gasteiger partial charge in [0.2, 0.25) is 11.8 Å². The van der Waals surface area contributed by atoms with Gasteiger partial charge in [-0.15, -0.1) is 0 Å². The molecule has 0 spiro atoms. The molecule has 238 valence electrons. The van der Waals surface area contributed by atoms with Gasteiger partial charge in [0, 0.05) is 13.1 Å². The molecule has 42 heavy (non-hydrogen) atoms. The summed E-state index contributed by atoms with van der Waals surface area (Å²) in [6.07, 6.45) is 6.28. The molecule has 9 nitrogen and oxygen atoms in total. The first-order chi connectivity index (χ1) is 19.8. The Labute approximate surface area is 253 Å². The number of nitrogens with zero attached hydrogens (tertiary/aromatic N) is 1. The van der Waals surface area contributed by atoms with Crippen molar-refractivity contribution in [2.75, 3.05) is 19.7 Å². The molecule has 0 aliphatic heterocycles. The predicted molar refractivity (Wildman–Crippen MR) is 166 cm³/mol. The topological polar surface area (TPSA) is 114 Å². The number of unbranched alkanes of at least 4 members (excludes halogenated alkanes) is 5. The van der Waals surface area contributed by atoms with Crippen LogP contribution < -0.4 is 10.6 Å². The molecule has 0 aliphatic rings. The fourth-order valence-electron chi connectivity index (χ4n) is 4.58. The minimum absolute atomic E-state index is 0.0290. The van der Waals surface area contributed by atoms with Crippen molar-refractivity contribution < 1.29 is 28.7 Å². The lowest BCUT2D eigenvalue weighted by Crippen LogP contribution is -2.55. The number of esters is 1. The normalized spacial score (nSPS) is 12.8. The summed E-state index contributed by atoms with van der Waals surface area (Å²) < 4.78 is 10.4. The van der Waals surface area contributed by atoms with Crippen molar-refractivity contribution >= 4 is 23.9 Å². The quantitative estimate of drug-likeness (QED) is 0.158. The van der Waals surface area contributed by atoms with Gasteiger partial charge in [0.25, 0.3) is 0 Å². The van der Waals surface area contributed by atoms with Gasteiger partial charge in [-0.25, -0.2) is 4.79 Å². The fourth-order valence-corrected chi connectivity index (χ4v) is 4.58. The van der Waals surface area contributed by atoms with Crippen molar-refractivity contribution in [3.05, 3.63) is 35.4 Å². The van der Waals surface area contributed by atoms with Gasteiger partial charge < -0.3 is 25.0 Å². The van der Waals surface area contributed by atoms with E-state index < -0.39 is 29.7 Å². The molecule has 0 fully saturated rings. The maximum atomic E-state index is 14.3. The van der Waals surface area contributed by atoms with Crippen LogP contribution in [0.5, 0.6) is 0 Å². The van der Waals surface area contributed by atoms with E-state index in [1.165, 1.54) is 0 Å². The average Bonchev–Trinajstić information content (AvgIpc) is 2.91. The summed E-state index contributed by atoms with van der Waals surface area (Å²) >= 11 is 0. The number of nitrogens with one attached hydrogen (secondary N) is 2. The number of amides is 3. The van der Waals surface area contributed by atoms with Gasteiger partial charge in [0.1, 0.15) is 17.7 Å². The van der Waals surface area contributed by atoms with Crippen LogP contribution in [0.25, 0.3) is 0 Å². The number of benzene rings is 1. The molecule has 2 atom stereocenters. The Hall–Kier alpha value is -3.10. The van der Waals surface area contributed by atoms with Crippen LogP contribution in [0.15, 0.2) is 24.3 Å². The second kappa shape index (κ2) is 19.2. The molecular weight excluding hydrogens is 534 g/mol. The zero-order chi connectivity index (χ0) is 31.7. The monoisotopic (exact) mass is 589 g/mol. The highest BCUT2D eigenvalue weighted by Gasteiger charge is 2.37. The zero-order valence-corrected chi connectivity index (χ0v) is 27.2. The van der Waals surface area contributed by atoms with Crippen LogP contribution in [0.4, 0.5) is 4.79 Å². The molecule has 2 N–H and O–H groups in total. The molecule has 0 radical (unpaired) electrons. The van der Waals surface area contributed by atoms with Crippen LogP contribution in [0.2, 0.25) is 0 Å². The number of carbonyl (C=O) groups excluding carboxylic acids is 4. The fraction of sp³-hybridized carbons (Fsp3) is 0.697. The first-order valence-corrected chi connectivity index (χ1v) is 15.7. The Bertz CT molecular complexity index is 971. The van der Waals surface area contributed by atoms with E-state index in [2.05, 4.69) is 24.5 Å². The van der Waals surface area contributed by atoms with Crippen LogP contribution in [-0.4, -0.2) is 60.1 Å². The second-order valence-electron chi connectivity index (χ2n) is 12.0. The summed E-state index contributed by atoms with van der Waals surface area (Å²) in [5.41, 5.74) is 1.05. The van der Waals surface area contributed by atoms with Gasteiger partial charge in [-0.3, -0.25) is 14.4 Å². The molecule has 0 saturated heterocycles. The summed E-state index contributed by atoms with van der Waals surface area (Å²) in [5, 5.41) is 5.61. The molecule has 1 aromatic rings. The zero-order valence-electron chi connectivity index (χ0n) is 27.2. The Morgan fingerprint density at radius 1 is 0.905 bits per heavy atom. The highest BCUT2D eigenvalue weighted by atomic mass is 16.6. The maximum Gasteiger partial charge on any atom is 0.408 e. The number of carbonyl (C=O) groups is 4. The van der Waals surface area contributed by atoms with Crippen molar-refractivity contribution in [1.82, 2.24) is 15.5 Å². The molecule has 9 heteroatoms. The summed E-state index contributed by atoms with van der Waals surface area (Å²) in [4.78, 5) is 54.3. The first kappa shape index (κ1) is 36.9. The second-order valence-corrected chi connectivity index (χ2v) is 12.0. The third kappa shape index (κ3) is 13.7. The summed E-state index contributed by atoms with van der Waals surface area (Å²) in [6.45, 7) is 15.6. The Kier molecular flexibility index (Phi) is 16.8. The number of alkyl carbamates (subject to hydrolysis) is 1. The highest BCUT2D eigenvalue weighted by molar-refractivity contribution is 5.92. The molecule has 0 heterocycles. The SMILES string of the molecule is CCCCCCCCN(C(=O)C(NC(=O)OC(C)(C)C)C(C)C)C(C(=O)NCCC(=O)OCC)c1ccc(CC)cc1. The Morgan fingerprint density at radius 3 is 2.07 bits per heavy atom. The lowest BCUT2D eigenvalue weighted by molar-refractivity contribution is -0.144. The van der Waals surface area contributed by atoms with Crippen LogP contribution in [-0.2, 0) is 30.3 Å². The minimum Gasteiger partial charge on any atom is -0.466 e. The number of ether oxygens (including phenoxy) is 2. The smallest absolute Gasteiger partial charge is 0.408 e. The number of rotatable bonds is 18. The van der Waals surface area contributed by atoms with Crippen molar-refractivity contribution in [3.63, 3.8) is 0 Å². The maximum absolute atomic E-state index is 14.3. The van der Waals surface area contributed by atoms with E-state index in [9.17, 15) is 19.2 Å². The van der Waals surface area contributed by atoms with Crippen molar-refractivity contribution in [2.24, 2.45) is 5.92 Å². The van der Waals surface area contributed by atoms with Gasteiger partial charge in [0.05, 0.1) is 13.0 Å². The highest BCUT2D eigenvalue weighted by Crippen LogP contribution is 2.26. The van der Waals surface area contributed by atoms with Gasteiger partial charge in [-0.2, -0.15) is 0 Å². The van der Waals surface area contributed by atoms with Gasteiger partial charge in [-0.1, -0.05) is 84.1 Å². The number of hydrogen-bond donors (Lipinski definition) is 2. The van der Waals surface area contributed by atoms with Gasteiger partial charge >= 0.3 is 12.1 Å². The standard InChI is InChI=1S/C33H55N3O6/c1-9-12-13-14-15-16-23-36(31(39)28(24(4)5)35-32(40)42-33(6,7)8)29(26-19-17-25(10-2)18-20-26)30(38)34-22-21-27(37)41-11-3/h17-20,24,28-29H,9-16,21-23H2,1-8H3,(H,34,38)(H,35,40). The number of hydrogen-bond acceptors (Lipinski definition) is 6. The van der Waals surface area contributed by atoms with Crippen molar-refractivity contribution in [1.29, 1.82) is 0 Å². The molecular formula is C33H55N3O6. The summed E-state index contributed by atoms with van der Waals surface area (Å²) in [5.74, 6) is -1.40. The molecule has 0 bridgehead atoms. The molecule has 0 saturated carbocycles. The van der Waals surface area contributed by atoms with E-state index in [1.807, 2.05) is 38.1 Å². The molecule has 1 aromatic carbocycles. The van der Waals surface area contributed by atoms with Crippen LogP contribution in [0, 0.1) is 5.92 Å². The van der Waals surface area contributed by atoms with E-state index in [4.69, 9.17) is 9.47 Å². The van der Waals surface area contributed by atoms with E-state index in [0.29, 0.717) is 18.5 Å². The molecule has 3 amide bonds. The Morgan fingerprint density at radius 2 is 1.52 bits per heavy atom. The lowest BCUT2D eigenvalue weighted by Gasteiger charge is -2.35. The van der Waals surface area contributed by atoms with E-state index >= 15 is 0 Å². The number of aryl methyl sites for hydroxylation is 1. The molecule has 0 aliphatic carbocycles. The lowest BCUT2D eigenvalue weighted by atomic mass is 9.97. The first-order valence-electron chi connectivity index (χ1n) is 15.7. The van der Waals surface area contributed by atoms with Gasteiger partial charge in [0.15, 0.2) is 0 Å². The third-order valence-electron chi connectivity index (χ3n) is 6.84. The van der Waals surface area contributed by atoms with E-state index in [1.54, 1.807) is 32.6 Å². The summed E-state index contributed by atoms with van der Waals surface area (Å²) in [6, 6.07) is 5.83. The van der Waals surface area contributed by atoms with E-state index in [0.717, 1.165) is 44.1 Å². The van der Waals surface area contributed by atoms with E-state index in [-0.39, 0.29) is 37.3 Å². The van der Waals surface area contributed by atoms with Crippen molar-refractivity contribution in [3.8, 4) is 0 Å². The van der Waals surface area contributed by atoms with Crippen LogP contribution in [0.3, 0.4) is 0 Å². The third-order valence-corrected chi connectivity index (χ3v) is 6.84. The minimum atomic E-state index is -0.942. The Balaban J connectivity index is 3.41. The average molecular weight is 590 g/mol. The molecule has 0 aromatic heterocycles. The van der Waals surface area contributed by atoms with Crippen molar-refractivity contribution in [2.45, 2.75) is 124 Å². The molecule has 2 unspecified atom stereocenters. The van der Waals surface area contributed by atoms with Gasteiger partial charge in [-0.05, 0) is 57.6 Å². The largest absolute Gasteiger partial charge is 0.466 e. The predicted octanol–water partition coefficient (Wildman–Crippen LogP) is 6.10. The van der Waals surface area contributed by atoms with Crippen LogP contribution in [0.1, 0.15) is 118 Å². The molecule has 1 rings (SSSR count). The van der Waals surface area contributed by atoms with Crippen LogP contribution >= 0.6 is 0 Å². The summed E-state index contributed by atoms with van der Waals surface area (Å²) in [7, 11) is 0.